The maximum Gasteiger partial charge on any atom is 0.326 e. The monoisotopic (exact) mass is 329 g/mol. The van der Waals surface area contributed by atoms with Crippen molar-refractivity contribution in [3.8, 4) is 0 Å². The second kappa shape index (κ2) is 6.13. The van der Waals surface area contributed by atoms with Gasteiger partial charge in [-0.3, -0.25) is 24.1 Å². The number of thiophene rings is 1. The van der Waals surface area contributed by atoms with Crippen LogP contribution >= 0.6 is 11.3 Å². The van der Waals surface area contributed by atoms with Gasteiger partial charge in [0, 0.05) is 0 Å². The van der Waals surface area contributed by atoms with Gasteiger partial charge in [-0.25, -0.2) is 0 Å². The number of fused-ring (bicyclic) bond motifs is 1. The fourth-order valence-corrected chi connectivity index (χ4v) is 2.89. The minimum Gasteiger partial charge on any atom is -0.456 e. The topological polar surface area (TPSA) is 80.8 Å². The van der Waals surface area contributed by atoms with E-state index >= 15 is 0 Å². The highest BCUT2D eigenvalue weighted by atomic mass is 32.1. The van der Waals surface area contributed by atoms with Crippen LogP contribution in [0, 0.1) is 0 Å². The number of para-hydroxylation sites is 1. The number of benzene rings is 1. The largest absolute Gasteiger partial charge is 0.456 e. The summed E-state index contributed by atoms with van der Waals surface area (Å²) in [5.41, 5.74) is 0.643. The smallest absolute Gasteiger partial charge is 0.326 e. The van der Waals surface area contributed by atoms with E-state index in [2.05, 4.69) is 0 Å². The molecule has 0 bridgehead atoms. The number of nitrogens with zero attached hydrogens (tertiary/aromatic N) is 1. The molecule has 0 N–H and O–H groups in total. The lowest BCUT2D eigenvalue weighted by Crippen LogP contribution is -2.36. The van der Waals surface area contributed by atoms with E-state index in [1.807, 2.05) is 0 Å². The van der Waals surface area contributed by atoms with Crippen molar-refractivity contribution in [2.45, 2.75) is 0 Å². The second-order valence-electron chi connectivity index (χ2n) is 4.80. The number of esters is 1. The molecule has 0 saturated carbocycles. The molecular weight excluding hydrogens is 318 g/mol. The zero-order valence-corrected chi connectivity index (χ0v) is 12.7. The van der Waals surface area contributed by atoms with Gasteiger partial charge in [0.1, 0.15) is 6.54 Å². The number of carbonyl (C=O) groups is 4. The third-order valence-electron chi connectivity index (χ3n) is 3.33. The summed E-state index contributed by atoms with van der Waals surface area (Å²) >= 11 is 1.26. The fourth-order valence-electron chi connectivity index (χ4n) is 2.23. The van der Waals surface area contributed by atoms with Crippen LogP contribution in [0.5, 0.6) is 0 Å². The van der Waals surface area contributed by atoms with Crippen molar-refractivity contribution >= 4 is 40.5 Å². The van der Waals surface area contributed by atoms with Crippen LogP contribution in [-0.2, 0) is 14.3 Å². The first-order valence-electron chi connectivity index (χ1n) is 6.75. The Hall–Kier alpha value is -2.80. The summed E-state index contributed by atoms with van der Waals surface area (Å²) in [7, 11) is 0. The van der Waals surface area contributed by atoms with Gasteiger partial charge in [-0.1, -0.05) is 18.2 Å². The average Bonchev–Trinajstić information content (AvgIpc) is 3.17. The summed E-state index contributed by atoms with van der Waals surface area (Å²) in [6, 6.07) is 9.79. The number of hydrogen-bond donors (Lipinski definition) is 0. The first-order valence-corrected chi connectivity index (χ1v) is 7.63. The Balaban J connectivity index is 1.63. The lowest BCUT2D eigenvalue weighted by atomic mass is 10.1. The highest BCUT2D eigenvalue weighted by Gasteiger charge is 2.36. The van der Waals surface area contributed by atoms with Crippen molar-refractivity contribution in [1.29, 1.82) is 0 Å². The molecule has 1 amide bonds. The second-order valence-corrected chi connectivity index (χ2v) is 5.75. The Kier molecular flexibility index (Phi) is 4.03. The van der Waals surface area contributed by atoms with Crippen LogP contribution in [-0.4, -0.2) is 36.6 Å². The van der Waals surface area contributed by atoms with Crippen LogP contribution in [0.25, 0.3) is 0 Å². The molecule has 0 unspecified atom stereocenters. The summed E-state index contributed by atoms with van der Waals surface area (Å²) in [4.78, 5) is 48.9. The molecule has 7 heteroatoms. The van der Waals surface area contributed by atoms with Crippen molar-refractivity contribution in [3.63, 3.8) is 0 Å². The Bertz CT molecular complexity index is 797. The summed E-state index contributed by atoms with van der Waals surface area (Å²) in [6.45, 7) is -0.795. The molecule has 116 valence electrons. The molecule has 23 heavy (non-hydrogen) atoms. The van der Waals surface area contributed by atoms with Crippen molar-refractivity contribution in [1.82, 2.24) is 0 Å². The average molecular weight is 329 g/mol. The van der Waals surface area contributed by atoms with Crippen molar-refractivity contribution < 1.29 is 23.9 Å². The molecule has 3 rings (SSSR count). The zero-order valence-electron chi connectivity index (χ0n) is 11.9. The van der Waals surface area contributed by atoms with Gasteiger partial charge < -0.3 is 4.74 Å². The number of ketones is 2. The molecule has 0 atom stereocenters. The highest BCUT2D eigenvalue weighted by Crippen LogP contribution is 2.28. The molecule has 0 fully saturated rings. The third-order valence-corrected chi connectivity index (χ3v) is 4.24. The van der Waals surface area contributed by atoms with Crippen LogP contribution in [0.15, 0.2) is 41.8 Å². The van der Waals surface area contributed by atoms with E-state index in [4.69, 9.17) is 4.74 Å². The van der Waals surface area contributed by atoms with E-state index in [1.165, 1.54) is 17.4 Å². The fraction of sp³-hybridized carbons (Fsp3) is 0.125. The Morgan fingerprint density at radius 3 is 2.61 bits per heavy atom. The van der Waals surface area contributed by atoms with Crippen LogP contribution in [0.3, 0.4) is 0 Å². The number of carbonyl (C=O) groups excluding carboxylic acids is 4. The standard InChI is InChI=1S/C16H11NO5S/c18-12(13-6-3-7-23-13)9-22-14(19)8-17-11-5-2-1-4-10(11)15(20)16(17)21/h1-7H,8-9H2. The van der Waals surface area contributed by atoms with Crippen LogP contribution < -0.4 is 4.90 Å². The molecule has 6 nitrogen and oxygen atoms in total. The van der Waals surface area contributed by atoms with Crippen molar-refractivity contribution in [2.24, 2.45) is 0 Å². The number of ether oxygens (including phenoxy) is 1. The molecule has 0 radical (unpaired) electrons. The lowest BCUT2D eigenvalue weighted by Gasteiger charge is -2.15. The normalized spacial score (nSPS) is 13.1. The number of hydrogen-bond acceptors (Lipinski definition) is 6. The molecule has 1 aromatic heterocycles. The molecule has 2 aromatic rings. The maximum atomic E-state index is 11.9. The van der Waals surface area contributed by atoms with Crippen molar-refractivity contribution in [2.75, 3.05) is 18.1 Å². The van der Waals surface area contributed by atoms with E-state index in [0.717, 1.165) is 4.90 Å². The van der Waals surface area contributed by atoms with Gasteiger partial charge in [0.2, 0.25) is 5.78 Å². The molecule has 0 spiro atoms. The summed E-state index contributed by atoms with van der Waals surface area (Å²) in [6.07, 6.45) is 0. The predicted molar refractivity (Wildman–Crippen MR) is 82.7 cm³/mol. The Labute approximate surface area is 135 Å². The number of rotatable bonds is 5. The predicted octanol–water partition coefficient (Wildman–Crippen LogP) is 1.70. The first-order chi connectivity index (χ1) is 11.1. The molecule has 1 aliphatic rings. The number of Topliss-reactive ketones (excluding diaryl/α,β-unsaturated/α-hetero) is 2. The van der Waals surface area contributed by atoms with E-state index < -0.39 is 30.8 Å². The van der Waals surface area contributed by atoms with Gasteiger partial charge in [-0.2, -0.15) is 0 Å². The SMILES string of the molecule is O=C(CN1C(=O)C(=O)c2ccccc21)OCC(=O)c1cccs1. The van der Waals surface area contributed by atoms with Crippen LogP contribution in [0.4, 0.5) is 5.69 Å². The zero-order chi connectivity index (χ0) is 16.4. The first kappa shape index (κ1) is 15.1. The van der Waals surface area contributed by atoms with E-state index in [-0.39, 0.29) is 11.3 Å². The van der Waals surface area contributed by atoms with E-state index in [0.29, 0.717) is 10.6 Å². The maximum absolute atomic E-state index is 11.9. The minimum absolute atomic E-state index is 0.264. The van der Waals surface area contributed by atoms with Gasteiger partial charge in [0.25, 0.3) is 11.7 Å². The van der Waals surface area contributed by atoms with Gasteiger partial charge in [-0.05, 0) is 23.6 Å². The molecule has 0 saturated heterocycles. The lowest BCUT2D eigenvalue weighted by molar-refractivity contribution is -0.141. The summed E-state index contributed by atoms with van der Waals surface area (Å²) < 4.78 is 4.90. The number of anilines is 1. The van der Waals surface area contributed by atoms with Gasteiger partial charge in [0.05, 0.1) is 16.1 Å². The minimum atomic E-state index is -0.771. The summed E-state index contributed by atoms with van der Waals surface area (Å²) in [5.74, 6) is -2.47. The van der Waals surface area contributed by atoms with Crippen molar-refractivity contribution in [3.05, 3.63) is 52.2 Å². The number of amides is 1. The molecule has 0 aliphatic carbocycles. The Morgan fingerprint density at radius 2 is 1.87 bits per heavy atom. The van der Waals surface area contributed by atoms with E-state index in [9.17, 15) is 19.2 Å². The Morgan fingerprint density at radius 1 is 1.09 bits per heavy atom. The molecular formula is C16H11NO5S. The molecule has 1 aliphatic heterocycles. The quantitative estimate of drug-likeness (QED) is 0.474. The van der Waals surface area contributed by atoms with Gasteiger partial charge in [0.15, 0.2) is 6.61 Å². The van der Waals surface area contributed by atoms with Crippen LogP contribution in [0.1, 0.15) is 20.0 Å². The molecule has 1 aromatic carbocycles. The molecule has 2 heterocycles. The third kappa shape index (κ3) is 2.91. The summed E-state index contributed by atoms with van der Waals surface area (Å²) in [5, 5.41) is 1.75. The van der Waals surface area contributed by atoms with Gasteiger partial charge >= 0.3 is 5.97 Å². The van der Waals surface area contributed by atoms with Crippen LogP contribution in [0.2, 0.25) is 0 Å². The van der Waals surface area contributed by atoms with Gasteiger partial charge in [-0.15, -0.1) is 11.3 Å². The highest BCUT2D eigenvalue weighted by molar-refractivity contribution is 7.12. The van der Waals surface area contributed by atoms with E-state index in [1.54, 1.807) is 35.7 Å².